The standard InChI is InChI=1S/C24H25BrN2O6/c1-2-32-23(31)17-18-22(30)27(9-10-28)20(24(18)12-16(25)19(17)33-24)21(29)26-15-8-7-13-5-3-4-6-14(13)11-15/h3-8,11,16-20,28H,2,9-10,12H2,1H3,(H,26,29)/t16?,17-,18+,19-,20-,24+/m0/s1. The molecule has 174 valence electrons. The quantitative estimate of drug-likeness (QED) is 0.449. The molecule has 2 amide bonds. The van der Waals surface area contributed by atoms with Gasteiger partial charge in [-0.3, -0.25) is 14.4 Å². The fourth-order valence-corrected chi connectivity index (χ4v) is 6.71. The van der Waals surface area contributed by atoms with E-state index in [-0.39, 0.29) is 30.5 Å². The number of carbonyl (C=O) groups excluding carboxylic acids is 3. The highest BCUT2D eigenvalue weighted by atomic mass is 79.9. The van der Waals surface area contributed by atoms with E-state index in [1.165, 1.54) is 4.90 Å². The first kappa shape index (κ1) is 22.3. The smallest absolute Gasteiger partial charge is 0.312 e. The van der Waals surface area contributed by atoms with Crippen LogP contribution in [-0.2, 0) is 23.9 Å². The van der Waals surface area contributed by atoms with Gasteiger partial charge in [-0.05, 0) is 36.2 Å². The number of β-amino-alcohol motifs (C(OH)–C–C–N with tert-alkyl or cyclic N) is 1. The summed E-state index contributed by atoms with van der Waals surface area (Å²) >= 11 is 3.59. The lowest BCUT2D eigenvalue weighted by molar-refractivity contribution is -0.154. The minimum absolute atomic E-state index is 0.0244. The van der Waals surface area contributed by atoms with Crippen LogP contribution in [0.5, 0.6) is 0 Å². The van der Waals surface area contributed by atoms with Gasteiger partial charge in [-0.1, -0.05) is 46.3 Å². The molecule has 3 aliphatic heterocycles. The van der Waals surface area contributed by atoms with Gasteiger partial charge in [0.05, 0.1) is 31.2 Å². The number of nitrogens with one attached hydrogen (secondary N) is 1. The molecule has 0 radical (unpaired) electrons. The van der Waals surface area contributed by atoms with Gasteiger partial charge in [0.1, 0.15) is 11.6 Å². The molecule has 5 rings (SSSR count). The number of alkyl halides is 1. The van der Waals surface area contributed by atoms with Crippen molar-refractivity contribution < 1.29 is 29.0 Å². The highest BCUT2D eigenvalue weighted by Crippen LogP contribution is 2.60. The Morgan fingerprint density at radius 3 is 2.76 bits per heavy atom. The second-order valence-electron chi connectivity index (χ2n) is 8.72. The molecule has 1 spiro atoms. The summed E-state index contributed by atoms with van der Waals surface area (Å²) < 4.78 is 11.6. The molecule has 9 heteroatoms. The summed E-state index contributed by atoms with van der Waals surface area (Å²) in [6.07, 6.45) is -0.146. The van der Waals surface area contributed by atoms with E-state index in [9.17, 15) is 19.5 Å². The number of nitrogens with zero attached hydrogens (tertiary/aromatic N) is 1. The first-order chi connectivity index (χ1) is 15.9. The Hall–Kier alpha value is -2.49. The second-order valence-corrected chi connectivity index (χ2v) is 9.90. The number of fused-ring (bicyclic) bond motifs is 2. The lowest BCUT2D eigenvalue weighted by atomic mass is 9.70. The van der Waals surface area contributed by atoms with Gasteiger partial charge in [-0.25, -0.2) is 0 Å². The predicted molar refractivity (Wildman–Crippen MR) is 124 cm³/mol. The molecule has 2 N–H and O–H groups in total. The van der Waals surface area contributed by atoms with Crippen LogP contribution in [0.25, 0.3) is 10.8 Å². The molecule has 1 unspecified atom stereocenters. The minimum atomic E-state index is -1.16. The number of likely N-dealkylation sites (tertiary alicyclic amines) is 1. The first-order valence-corrected chi connectivity index (χ1v) is 12.0. The number of hydrogen-bond acceptors (Lipinski definition) is 6. The number of halogens is 1. The molecule has 3 saturated heterocycles. The van der Waals surface area contributed by atoms with E-state index in [0.29, 0.717) is 12.1 Å². The summed E-state index contributed by atoms with van der Waals surface area (Å²) in [7, 11) is 0. The zero-order valence-corrected chi connectivity index (χ0v) is 19.7. The van der Waals surface area contributed by atoms with Crippen LogP contribution in [-0.4, -0.2) is 70.1 Å². The Morgan fingerprint density at radius 1 is 1.27 bits per heavy atom. The first-order valence-electron chi connectivity index (χ1n) is 11.1. The number of rotatable bonds is 6. The molecule has 0 saturated carbocycles. The van der Waals surface area contributed by atoms with E-state index in [4.69, 9.17) is 9.47 Å². The van der Waals surface area contributed by atoms with Gasteiger partial charge in [0.25, 0.3) is 0 Å². The number of amides is 2. The Morgan fingerprint density at radius 2 is 2.03 bits per heavy atom. The number of benzene rings is 2. The number of ether oxygens (including phenoxy) is 2. The van der Waals surface area contributed by atoms with Crippen molar-refractivity contribution in [2.45, 2.75) is 35.9 Å². The van der Waals surface area contributed by atoms with Crippen LogP contribution in [0.4, 0.5) is 5.69 Å². The van der Waals surface area contributed by atoms with Crippen molar-refractivity contribution >= 4 is 50.2 Å². The van der Waals surface area contributed by atoms with E-state index in [0.717, 1.165) is 10.8 Å². The highest BCUT2D eigenvalue weighted by molar-refractivity contribution is 9.09. The maximum Gasteiger partial charge on any atom is 0.312 e. The molecule has 3 aliphatic rings. The summed E-state index contributed by atoms with van der Waals surface area (Å²) in [5.74, 6) is -2.88. The van der Waals surface area contributed by atoms with Gasteiger partial charge in [0.15, 0.2) is 0 Å². The molecule has 33 heavy (non-hydrogen) atoms. The number of carbonyl (C=O) groups is 3. The second kappa shape index (κ2) is 8.38. The summed E-state index contributed by atoms with van der Waals surface area (Å²) in [5, 5.41) is 14.6. The van der Waals surface area contributed by atoms with Crippen molar-refractivity contribution in [1.29, 1.82) is 0 Å². The van der Waals surface area contributed by atoms with Crippen LogP contribution in [0.15, 0.2) is 42.5 Å². The lowest BCUT2D eigenvalue weighted by Crippen LogP contribution is -2.54. The minimum Gasteiger partial charge on any atom is -0.466 e. The molecule has 3 heterocycles. The van der Waals surface area contributed by atoms with Crippen molar-refractivity contribution in [1.82, 2.24) is 4.90 Å². The van der Waals surface area contributed by atoms with Crippen molar-refractivity contribution in [3.8, 4) is 0 Å². The maximum absolute atomic E-state index is 13.6. The van der Waals surface area contributed by atoms with Crippen LogP contribution in [0, 0.1) is 11.8 Å². The summed E-state index contributed by atoms with van der Waals surface area (Å²) in [4.78, 5) is 41.0. The van der Waals surface area contributed by atoms with Crippen molar-refractivity contribution in [3.63, 3.8) is 0 Å². The number of aliphatic hydroxyl groups excluding tert-OH is 1. The molecule has 2 bridgehead atoms. The average Bonchev–Trinajstić information content (AvgIpc) is 3.38. The van der Waals surface area contributed by atoms with Gasteiger partial charge in [-0.15, -0.1) is 0 Å². The number of esters is 1. The fourth-order valence-electron chi connectivity index (χ4n) is 5.76. The van der Waals surface area contributed by atoms with Crippen LogP contribution >= 0.6 is 15.9 Å². The SMILES string of the molecule is CCOC(=O)[C@@H]1[C@H]2O[C@@]3(CC2Br)[C@H](C(=O)Nc2ccc4ccccc4c2)N(CCO)C(=O)[C@@H]13. The Bertz CT molecular complexity index is 1130. The summed E-state index contributed by atoms with van der Waals surface area (Å²) in [6.45, 7) is 1.57. The van der Waals surface area contributed by atoms with E-state index in [1.807, 2.05) is 42.5 Å². The molecular formula is C24H25BrN2O6. The van der Waals surface area contributed by atoms with Gasteiger partial charge in [0, 0.05) is 17.1 Å². The third kappa shape index (κ3) is 3.36. The number of aliphatic hydroxyl groups is 1. The zero-order chi connectivity index (χ0) is 23.3. The molecular weight excluding hydrogens is 492 g/mol. The van der Waals surface area contributed by atoms with Crippen molar-refractivity contribution in [3.05, 3.63) is 42.5 Å². The average molecular weight is 517 g/mol. The molecule has 3 fully saturated rings. The lowest BCUT2D eigenvalue weighted by Gasteiger charge is -2.33. The van der Waals surface area contributed by atoms with E-state index in [2.05, 4.69) is 21.2 Å². The Balaban J connectivity index is 1.50. The highest BCUT2D eigenvalue weighted by Gasteiger charge is 2.76. The third-order valence-electron chi connectivity index (χ3n) is 6.95. The molecule has 0 aromatic heterocycles. The van der Waals surface area contributed by atoms with Crippen LogP contribution in [0.1, 0.15) is 13.3 Å². The molecule has 6 atom stereocenters. The number of hydrogen-bond donors (Lipinski definition) is 2. The third-order valence-corrected chi connectivity index (χ3v) is 7.80. The zero-order valence-electron chi connectivity index (χ0n) is 18.1. The molecule has 0 aliphatic carbocycles. The van der Waals surface area contributed by atoms with Gasteiger partial charge in [0.2, 0.25) is 11.8 Å². The molecule has 8 nitrogen and oxygen atoms in total. The van der Waals surface area contributed by atoms with Crippen LogP contribution in [0.3, 0.4) is 0 Å². The van der Waals surface area contributed by atoms with Crippen molar-refractivity contribution in [2.75, 3.05) is 25.1 Å². The Labute approximate surface area is 199 Å². The monoisotopic (exact) mass is 516 g/mol. The van der Waals surface area contributed by atoms with Crippen LogP contribution < -0.4 is 5.32 Å². The van der Waals surface area contributed by atoms with E-state index < -0.39 is 41.5 Å². The van der Waals surface area contributed by atoms with Gasteiger partial charge in [-0.2, -0.15) is 0 Å². The van der Waals surface area contributed by atoms with E-state index >= 15 is 0 Å². The summed E-state index contributed by atoms with van der Waals surface area (Å²) in [6, 6.07) is 12.4. The normalized spacial score (nSPS) is 32.3. The largest absolute Gasteiger partial charge is 0.466 e. The van der Waals surface area contributed by atoms with Gasteiger partial charge < -0.3 is 24.8 Å². The molecule has 2 aromatic rings. The maximum atomic E-state index is 13.6. The molecule has 2 aromatic carbocycles. The van der Waals surface area contributed by atoms with Crippen molar-refractivity contribution in [2.24, 2.45) is 11.8 Å². The Kier molecular flexibility index (Phi) is 5.66. The van der Waals surface area contributed by atoms with E-state index in [1.54, 1.807) is 6.92 Å². The van der Waals surface area contributed by atoms with Gasteiger partial charge >= 0.3 is 5.97 Å². The van der Waals surface area contributed by atoms with Crippen LogP contribution in [0.2, 0.25) is 0 Å². The topological polar surface area (TPSA) is 105 Å². The fraction of sp³-hybridized carbons (Fsp3) is 0.458. The number of anilines is 1. The summed E-state index contributed by atoms with van der Waals surface area (Å²) in [5.41, 5.74) is -0.566. The predicted octanol–water partition coefficient (Wildman–Crippen LogP) is 2.08.